The lowest BCUT2D eigenvalue weighted by Crippen LogP contribution is -2.46. The maximum atomic E-state index is 10.1. The zero-order chi connectivity index (χ0) is 10.8. The molecule has 0 saturated carbocycles. The second-order valence-corrected chi connectivity index (χ2v) is 3.78. The summed E-state index contributed by atoms with van der Waals surface area (Å²) < 4.78 is 0. The molecule has 0 aliphatic carbocycles. The Balaban J connectivity index is 3.25. The average Bonchev–Trinajstić information content (AvgIpc) is 2.16. The van der Waals surface area contributed by atoms with Crippen LogP contribution in [0.2, 0.25) is 0 Å². The minimum Gasteiger partial charge on any atom is -0.386 e. The maximum absolute atomic E-state index is 10.1. The van der Waals surface area contributed by atoms with Gasteiger partial charge in [-0.05, 0) is 19.4 Å². The third kappa shape index (κ3) is 1.65. The van der Waals surface area contributed by atoms with Crippen LogP contribution in [0.1, 0.15) is 19.4 Å². The summed E-state index contributed by atoms with van der Waals surface area (Å²) >= 11 is 0. The monoisotopic (exact) mass is 190 g/mol. The van der Waals surface area contributed by atoms with Crippen molar-refractivity contribution < 1.29 is 10.2 Å². The van der Waals surface area contributed by atoms with Crippen LogP contribution in [-0.2, 0) is 5.60 Å². The summed E-state index contributed by atoms with van der Waals surface area (Å²) in [6, 6.07) is 8.74. The van der Waals surface area contributed by atoms with Crippen LogP contribution in [0.3, 0.4) is 0 Å². The van der Waals surface area contributed by atoms with Crippen LogP contribution in [0.5, 0.6) is 0 Å². The van der Waals surface area contributed by atoms with Gasteiger partial charge in [-0.3, -0.25) is 0 Å². The Bertz CT molecular complexity index is 343. The van der Waals surface area contributed by atoms with Crippen LogP contribution in [0.4, 0.5) is 0 Å². The molecule has 1 rings (SSSR count). The van der Waals surface area contributed by atoms with Crippen LogP contribution in [0.15, 0.2) is 30.3 Å². The highest BCUT2D eigenvalue weighted by atomic mass is 16.4. The zero-order valence-electron chi connectivity index (χ0n) is 8.36. The van der Waals surface area contributed by atoms with E-state index in [0.29, 0.717) is 5.56 Å². The first-order valence-corrected chi connectivity index (χ1v) is 4.40. The van der Waals surface area contributed by atoms with E-state index in [-0.39, 0.29) is 0 Å². The van der Waals surface area contributed by atoms with Gasteiger partial charge >= 0.3 is 0 Å². The van der Waals surface area contributed by atoms with Gasteiger partial charge in [-0.2, -0.15) is 0 Å². The molecule has 1 aromatic rings. The van der Waals surface area contributed by atoms with Crippen LogP contribution in [0, 0.1) is 12.3 Å². The van der Waals surface area contributed by atoms with Crippen molar-refractivity contribution in [1.29, 1.82) is 0 Å². The van der Waals surface area contributed by atoms with Crippen molar-refractivity contribution in [3.63, 3.8) is 0 Å². The Hall–Kier alpha value is -1.30. The summed E-state index contributed by atoms with van der Waals surface area (Å²) in [5, 5.41) is 19.9. The predicted molar refractivity (Wildman–Crippen MR) is 55.5 cm³/mol. The number of hydrogen-bond acceptors (Lipinski definition) is 2. The van der Waals surface area contributed by atoms with Crippen molar-refractivity contribution in [2.45, 2.75) is 25.0 Å². The lowest BCUT2D eigenvalue weighted by atomic mass is 9.80. The number of aliphatic hydroxyl groups is 2. The van der Waals surface area contributed by atoms with E-state index in [9.17, 15) is 10.2 Å². The maximum Gasteiger partial charge on any atom is 0.178 e. The van der Waals surface area contributed by atoms with Crippen molar-refractivity contribution >= 4 is 0 Å². The lowest BCUT2D eigenvalue weighted by Gasteiger charge is -2.34. The fraction of sp³-hybridized carbons (Fsp3) is 0.333. The summed E-state index contributed by atoms with van der Waals surface area (Å²) in [5.74, 6) is 2.24. The van der Waals surface area contributed by atoms with E-state index in [1.165, 1.54) is 13.8 Å². The molecule has 0 aromatic heterocycles. The number of rotatable bonds is 2. The van der Waals surface area contributed by atoms with Gasteiger partial charge in [-0.15, -0.1) is 6.42 Å². The Morgan fingerprint density at radius 2 is 1.64 bits per heavy atom. The second-order valence-electron chi connectivity index (χ2n) is 3.78. The molecule has 0 heterocycles. The van der Waals surface area contributed by atoms with Crippen LogP contribution < -0.4 is 0 Å². The predicted octanol–water partition coefficient (Wildman–Crippen LogP) is 1.28. The van der Waals surface area contributed by atoms with Gasteiger partial charge in [0.15, 0.2) is 5.60 Å². The highest BCUT2D eigenvalue weighted by Crippen LogP contribution is 2.31. The van der Waals surface area contributed by atoms with Gasteiger partial charge in [0.2, 0.25) is 0 Å². The molecule has 0 amide bonds. The molecule has 0 saturated heterocycles. The first-order valence-electron chi connectivity index (χ1n) is 4.40. The summed E-state index contributed by atoms with van der Waals surface area (Å²) in [4.78, 5) is 0. The molecule has 0 bridgehead atoms. The number of terminal acetylenes is 1. The van der Waals surface area contributed by atoms with E-state index in [0.717, 1.165) is 0 Å². The minimum atomic E-state index is -1.64. The van der Waals surface area contributed by atoms with Gasteiger partial charge in [-0.1, -0.05) is 36.3 Å². The molecule has 0 radical (unpaired) electrons. The summed E-state index contributed by atoms with van der Waals surface area (Å²) in [6.45, 7) is 2.97. The molecule has 2 N–H and O–H groups in total. The zero-order valence-corrected chi connectivity index (χ0v) is 8.36. The summed E-state index contributed by atoms with van der Waals surface area (Å²) in [6.07, 6.45) is 5.27. The van der Waals surface area contributed by atoms with E-state index < -0.39 is 11.2 Å². The van der Waals surface area contributed by atoms with Gasteiger partial charge in [0.05, 0.1) is 0 Å². The molecule has 0 unspecified atom stereocenters. The first kappa shape index (κ1) is 10.8. The second kappa shape index (κ2) is 3.45. The fourth-order valence-electron chi connectivity index (χ4n) is 1.29. The number of hydrogen-bond donors (Lipinski definition) is 2. The Labute approximate surface area is 84.2 Å². The van der Waals surface area contributed by atoms with Crippen molar-refractivity contribution in [1.82, 2.24) is 0 Å². The molecule has 2 nitrogen and oxygen atoms in total. The van der Waals surface area contributed by atoms with Crippen LogP contribution in [-0.4, -0.2) is 15.8 Å². The van der Waals surface area contributed by atoms with Gasteiger partial charge < -0.3 is 10.2 Å². The average molecular weight is 190 g/mol. The molecule has 1 atom stereocenters. The molecule has 0 aliphatic rings. The Kier molecular flexibility index (Phi) is 2.66. The highest BCUT2D eigenvalue weighted by molar-refractivity contribution is 5.33. The molecule has 1 aromatic carbocycles. The van der Waals surface area contributed by atoms with Gasteiger partial charge in [0.1, 0.15) is 5.60 Å². The van der Waals surface area contributed by atoms with E-state index in [1.807, 2.05) is 6.07 Å². The Morgan fingerprint density at radius 3 is 2.00 bits per heavy atom. The van der Waals surface area contributed by atoms with E-state index in [1.54, 1.807) is 24.3 Å². The SMILES string of the molecule is C#C[C@](O)(c1ccccc1)C(C)(C)O. The van der Waals surface area contributed by atoms with Gasteiger partial charge in [0, 0.05) is 0 Å². The van der Waals surface area contributed by atoms with Crippen molar-refractivity contribution in [3.8, 4) is 12.3 Å². The normalized spacial score (nSPS) is 15.6. The number of benzene rings is 1. The van der Waals surface area contributed by atoms with E-state index >= 15 is 0 Å². The van der Waals surface area contributed by atoms with Crippen molar-refractivity contribution in [2.24, 2.45) is 0 Å². The van der Waals surface area contributed by atoms with Crippen molar-refractivity contribution in [2.75, 3.05) is 0 Å². The lowest BCUT2D eigenvalue weighted by molar-refractivity contribution is -0.0982. The summed E-state index contributed by atoms with van der Waals surface area (Å²) in [7, 11) is 0. The fourth-order valence-corrected chi connectivity index (χ4v) is 1.29. The topological polar surface area (TPSA) is 40.5 Å². The van der Waals surface area contributed by atoms with Crippen molar-refractivity contribution in [3.05, 3.63) is 35.9 Å². The van der Waals surface area contributed by atoms with Crippen LogP contribution in [0.25, 0.3) is 0 Å². The van der Waals surface area contributed by atoms with E-state index in [2.05, 4.69) is 5.92 Å². The molecule has 0 aliphatic heterocycles. The minimum absolute atomic E-state index is 0.523. The Morgan fingerprint density at radius 1 is 1.14 bits per heavy atom. The van der Waals surface area contributed by atoms with Gasteiger partial charge in [0.25, 0.3) is 0 Å². The molecule has 74 valence electrons. The van der Waals surface area contributed by atoms with Crippen LogP contribution >= 0.6 is 0 Å². The largest absolute Gasteiger partial charge is 0.386 e. The molecular weight excluding hydrogens is 176 g/mol. The third-order valence-corrected chi connectivity index (χ3v) is 2.29. The third-order valence-electron chi connectivity index (χ3n) is 2.29. The molecular formula is C12H14O2. The molecule has 0 fully saturated rings. The molecule has 2 heteroatoms. The van der Waals surface area contributed by atoms with E-state index in [4.69, 9.17) is 6.42 Å². The standard InChI is InChI=1S/C12H14O2/c1-4-12(14,11(2,3)13)10-8-6-5-7-9-10/h1,5-9,13-14H,2-3H3/t12-/m0/s1. The highest BCUT2D eigenvalue weighted by Gasteiger charge is 2.42. The molecule has 0 spiro atoms. The summed E-state index contributed by atoms with van der Waals surface area (Å²) in [5.41, 5.74) is -2.49. The smallest absolute Gasteiger partial charge is 0.178 e. The quantitative estimate of drug-likeness (QED) is 0.690. The van der Waals surface area contributed by atoms with Gasteiger partial charge in [-0.25, -0.2) is 0 Å². The molecule has 14 heavy (non-hydrogen) atoms. The first-order chi connectivity index (χ1) is 6.42.